The van der Waals surface area contributed by atoms with Crippen LogP contribution in [-0.2, 0) is 0 Å². The Hall–Kier alpha value is -2.51. The number of nitrogens with two attached hydrogens (primary N) is 1. The van der Waals surface area contributed by atoms with Crippen molar-refractivity contribution in [3.8, 4) is 5.95 Å². The average molecular weight is 259 g/mol. The molecule has 0 aromatic carbocycles. The first-order valence-corrected chi connectivity index (χ1v) is 6.08. The molecule has 2 aromatic rings. The first-order chi connectivity index (χ1) is 9.24. The Morgan fingerprint density at radius 1 is 1.42 bits per heavy atom. The highest BCUT2D eigenvalue weighted by Crippen LogP contribution is 2.25. The molecule has 0 bridgehead atoms. The predicted molar refractivity (Wildman–Crippen MR) is 66.3 cm³/mol. The molecular weight excluding hydrogens is 246 g/mol. The van der Waals surface area contributed by atoms with Crippen molar-refractivity contribution in [1.29, 1.82) is 0 Å². The second-order valence-electron chi connectivity index (χ2n) is 4.37. The van der Waals surface area contributed by atoms with E-state index in [0.717, 1.165) is 18.5 Å². The summed E-state index contributed by atoms with van der Waals surface area (Å²) in [6, 6.07) is 0. The van der Waals surface area contributed by atoms with Crippen molar-refractivity contribution < 1.29 is 4.79 Å². The molecule has 1 aliphatic carbocycles. The maximum Gasteiger partial charge on any atom is 0.286 e. The number of nitrogens with zero attached hydrogens (tertiary/aromatic N) is 5. The highest BCUT2D eigenvalue weighted by Gasteiger charge is 2.14. The Morgan fingerprint density at radius 2 is 2.32 bits per heavy atom. The van der Waals surface area contributed by atoms with Crippen molar-refractivity contribution in [1.82, 2.24) is 30.2 Å². The Bertz CT molecular complexity index is 639. The van der Waals surface area contributed by atoms with Crippen LogP contribution in [0.15, 0.2) is 12.3 Å². The van der Waals surface area contributed by atoms with E-state index in [9.17, 15) is 4.79 Å². The van der Waals surface area contributed by atoms with E-state index in [1.54, 1.807) is 6.20 Å². The van der Waals surface area contributed by atoms with Gasteiger partial charge in [0.15, 0.2) is 0 Å². The average Bonchev–Trinajstić information content (AvgIpc) is 3.09. The van der Waals surface area contributed by atoms with Crippen LogP contribution in [-0.4, -0.2) is 36.1 Å². The van der Waals surface area contributed by atoms with Gasteiger partial charge in [-0.1, -0.05) is 11.3 Å². The summed E-state index contributed by atoms with van der Waals surface area (Å²) in [5, 5.41) is 14.4. The van der Waals surface area contributed by atoms with Crippen molar-refractivity contribution in [2.45, 2.75) is 25.7 Å². The molecule has 0 spiro atoms. The van der Waals surface area contributed by atoms with E-state index in [-0.39, 0.29) is 11.8 Å². The second-order valence-corrected chi connectivity index (χ2v) is 4.37. The number of allylic oxidation sites excluding steroid dienone is 2. The van der Waals surface area contributed by atoms with E-state index < -0.39 is 5.91 Å². The van der Waals surface area contributed by atoms with E-state index in [1.807, 2.05) is 0 Å². The van der Waals surface area contributed by atoms with Crippen LogP contribution in [0.1, 0.15) is 42.0 Å². The van der Waals surface area contributed by atoms with Gasteiger partial charge in [0.2, 0.25) is 5.82 Å². The number of rotatable bonds is 3. The fraction of sp³-hybridized carbons (Fsp3) is 0.364. The molecule has 0 atom stereocenters. The fourth-order valence-electron chi connectivity index (χ4n) is 2.05. The number of aromatic amines is 1. The van der Waals surface area contributed by atoms with E-state index in [2.05, 4.69) is 31.6 Å². The van der Waals surface area contributed by atoms with E-state index in [1.165, 1.54) is 23.1 Å². The van der Waals surface area contributed by atoms with Crippen LogP contribution in [0.3, 0.4) is 0 Å². The first kappa shape index (κ1) is 11.6. The van der Waals surface area contributed by atoms with Gasteiger partial charge in [0.05, 0.1) is 6.20 Å². The first-order valence-electron chi connectivity index (χ1n) is 6.08. The molecule has 19 heavy (non-hydrogen) atoms. The minimum atomic E-state index is -0.658. The summed E-state index contributed by atoms with van der Waals surface area (Å²) in [5.74, 6) is -0.401. The molecule has 3 N–H and O–H groups in total. The summed E-state index contributed by atoms with van der Waals surface area (Å²) in [6.07, 6.45) is 8.43. The standard InChI is InChI=1S/C11H13N7O/c12-9(19)10-13-11(16-15-10)18-6-8(14-17-18)7-4-2-1-3-5-7/h4,6H,1-3,5H2,(H2,12,19)(H,13,15,16). The zero-order valence-electron chi connectivity index (χ0n) is 10.2. The van der Waals surface area contributed by atoms with Crippen LogP contribution < -0.4 is 5.73 Å². The van der Waals surface area contributed by atoms with Gasteiger partial charge in [-0.25, -0.2) is 0 Å². The molecule has 1 aliphatic rings. The molecule has 2 aromatic heterocycles. The van der Waals surface area contributed by atoms with Gasteiger partial charge in [-0.3, -0.25) is 9.89 Å². The van der Waals surface area contributed by atoms with Crippen molar-refractivity contribution in [2.24, 2.45) is 5.73 Å². The molecule has 8 nitrogen and oxygen atoms in total. The van der Waals surface area contributed by atoms with Crippen LogP contribution in [0, 0.1) is 0 Å². The maximum absolute atomic E-state index is 10.9. The van der Waals surface area contributed by atoms with Crippen molar-refractivity contribution in [3.63, 3.8) is 0 Å². The maximum atomic E-state index is 10.9. The molecule has 98 valence electrons. The van der Waals surface area contributed by atoms with Gasteiger partial charge in [-0.2, -0.15) is 9.67 Å². The monoisotopic (exact) mass is 259 g/mol. The van der Waals surface area contributed by atoms with Gasteiger partial charge in [0.1, 0.15) is 5.69 Å². The lowest BCUT2D eigenvalue weighted by Gasteiger charge is -2.08. The molecule has 2 heterocycles. The van der Waals surface area contributed by atoms with E-state index in [4.69, 9.17) is 5.73 Å². The fourth-order valence-corrected chi connectivity index (χ4v) is 2.05. The summed E-state index contributed by atoms with van der Waals surface area (Å²) in [4.78, 5) is 14.9. The number of amides is 1. The molecule has 0 unspecified atom stereocenters. The number of carbonyl (C=O) groups excluding carboxylic acids is 1. The summed E-state index contributed by atoms with van der Waals surface area (Å²) >= 11 is 0. The third kappa shape index (κ3) is 2.24. The van der Waals surface area contributed by atoms with Crippen LogP contribution >= 0.6 is 0 Å². The molecule has 8 heteroatoms. The van der Waals surface area contributed by atoms with Gasteiger partial charge in [-0.05, 0) is 31.3 Å². The smallest absolute Gasteiger partial charge is 0.286 e. The number of aromatic nitrogens is 6. The van der Waals surface area contributed by atoms with E-state index >= 15 is 0 Å². The lowest BCUT2D eigenvalue weighted by Crippen LogP contribution is -2.13. The van der Waals surface area contributed by atoms with Crippen LogP contribution in [0.2, 0.25) is 0 Å². The molecular formula is C11H13N7O. The van der Waals surface area contributed by atoms with Crippen molar-refractivity contribution >= 4 is 11.5 Å². The second kappa shape index (κ2) is 4.63. The number of H-pyrrole nitrogens is 1. The normalized spacial score (nSPS) is 15.3. The minimum absolute atomic E-state index is 0.00364. The van der Waals surface area contributed by atoms with Gasteiger partial charge < -0.3 is 5.73 Å². The molecule has 0 radical (unpaired) electrons. The summed E-state index contributed by atoms with van der Waals surface area (Å²) < 4.78 is 1.42. The topological polar surface area (TPSA) is 115 Å². The lowest BCUT2D eigenvalue weighted by atomic mass is 9.98. The molecule has 3 rings (SSSR count). The number of nitrogens with one attached hydrogen (secondary N) is 1. The number of hydrogen-bond acceptors (Lipinski definition) is 5. The minimum Gasteiger partial charge on any atom is -0.363 e. The number of carbonyl (C=O) groups is 1. The highest BCUT2D eigenvalue weighted by atomic mass is 16.1. The molecule has 0 saturated carbocycles. The lowest BCUT2D eigenvalue weighted by molar-refractivity contribution is 0.0991. The number of primary amides is 1. The Kier molecular flexibility index (Phi) is 2.82. The van der Waals surface area contributed by atoms with Crippen molar-refractivity contribution in [3.05, 3.63) is 23.8 Å². The summed E-state index contributed by atoms with van der Waals surface area (Å²) in [7, 11) is 0. The third-order valence-electron chi connectivity index (χ3n) is 3.03. The van der Waals surface area contributed by atoms with Crippen molar-refractivity contribution in [2.75, 3.05) is 0 Å². The number of hydrogen-bond donors (Lipinski definition) is 2. The molecule has 0 fully saturated rings. The highest BCUT2D eigenvalue weighted by molar-refractivity contribution is 5.88. The van der Waals surface area contributed by atoms with E-state index in [0.29, 0.717) is 0 Å². The zero-order chi connectivity index (χ0) is 13.2. The predicted octanol–water partition coefficient (Wildman–Crippen LogP) is 0.442. The largest absolute Gasteiger partial charge is 0.363 e. The summed E-state index contributed by atoms with van der Waals surface area (Å²) in [6.45, 7) is 0. The Labute approximate surface area is 108 Å². The SMILES string of the molecule is NC(=O)c1nc(-n2cc(C3=CCCCC3)nn2)n[nH]1. The molecule has 0 aliphatic heterocycles. The van der Waals surface area contributed by atoms with Crippen LogP contribution in [0.5, 0.6) is 0 Å². The zero-order valence-corrected chi connectivity index (χ0v) is 10.2. The Balaban J connectivity index is 1.87. The van der Waals surface area contributed by atoms with Gasteiger partial charge in [-0.15, -0.1) is 10.2 Å². The van der Waals surface area contributed by atoms with Crippen LogP contribution in [0.4, 0.5) is 0 Å². The van der Waals surface area contributed by atoms with Crippen LogP contribution in [0.25, 0.3) is 11.5 Å². The summed E-state index contributed by atoms with van der Waals surface area (Å²) in [5.41, 5.74) is 7.12. The van der Waals surface area contributed by atoms with Gasteiger partial charge >= 0.3 is 0 Å². The molecule has 1 amide bonds. The quantitative estimate of drug-likeness (QED) is 0.829. The molecule has 0 saturated heterocycles. The van der Waals surface area contributed by atoms with Gasteiger partial charge in [0.25, 0.3) is 11.9 Å². The Morgan fingerprint density at radius 3 is 3.00 bits per heavy atom. The third-order valence-corrected chi connectivity index (χ3v) is 3.03. The van der Waals surface area contributed by atoms with Gasteiger partial charge in [0, 0.05) is 0 Å².